The lowest BCUT2D eigenvalue weighted by Crippen LogP contribution is -2.11. The highest BCUT2D eigenvalue weighted by molar-refractivity contribution is 5.95. The molecule has 3 aromatic heterocycles. The average Bonchev–Trinajstić information content (AvgIpc) is 3.46. The van der Waals surface area contributed by atoms with E-state index in [2.05, 4.69) is 10.2 Å². The fourth-order valence-electron chi connectivity index (χ4n) is 3.25. The SMILES string of the molecule is COC(=O)c1c(N)c(C#N)cn1-c1ccc(-n2ccc(-c3cnn(C)c3C)n2)cc1. The number of ether oxygens (including phenoxy) is 1. The molecule has 0 aliphatic heterocycles. The number of nitrogen functional groups attached to an aromatic ring is 1. The van der Waals surface area contributed by atoms with Crippen molar-refractivity contribution < 1.29 is 9.53 Å². The first kappa shape index (κ1) is 19.0. The lowest BCUT2D eigenvalue weighted by atomic mass is 10.2. The van der Waals surface area contributed by atoms with Crippen LogP contribution in [0.15, 0.2) is 48.9 Å². The van der Waals surface area contributed by atoms with E-state index < -0.39 is 5.97 Å². The molecule has 9 nitrogen and oxygen atoms in total. The van der Waals surface area contributed by atoms with Gasteiger partial charge in [0.1, 0.15) is 6.07 Å². The van der Waals surface area contributed by atoms with Gasteiger partial charge < -0.3 is 15.0 Å². The molecule has 1 aromatic carbocycles. The summed E-state index contributed by atoms with van der Waals surface area (Å²) in [4.78, 5) is 12.2. The topological polar surface area (TPSA) is 117 Å². The zero-order chi connectivity index (χ0) is 21.4. The molecule has 0 aliphatic rings. The Kier molecular flexibility index (Phi) is 4.60. The first-order chi connectivity index (χ1) is 14.4. The minimum absolute atomic E-state index is 0.0944. The molecule has 4 aromatic rings. The van der Waals surface area contributed by atoms with Gasteiger partial charge in [0, 0.05) is 36.4 Å². The summed E-state index contributed by atoms with van der Waals surface area (Å²) in [5, 5.41) is 18.2. The molecule has 0 aliphatic carbocycles. The number of nitrogens with zero attached hydrogens (tertiary/aromatic N) is 6. The van der Waals surface area contributed by atoms with Gasteiger partial charge in [-0.3, -0.25) is 4.68 Å². The standard InChI is InChI=1S/C21H19N7O2/c1-13-17(11-24-26(13)2)18-8-9-28(25-18)16-6-4-15(5-7-16)27-12-14(10-22)19(23)20(27)21(29)30-3/h4-9,11-12H,23H2,1-3H3. The Balaban J connectivity index is 1.69. The van der Waals surface area contributed by atoms with Crippen LogP contribution in [-0.2, 0) is 11.8 Å². The zero-order valence-electron chi connectivity index (χ0n) is 16.7. The molecule has 2 N–H and O–H groups in total. The molecule has 9 heteroatoms. The quantitative estimate of drug-likeness (QED) is 0.525. The van der Waals surface area contributed by atoms with E-state index in [1.165, 1.54) is 13.3 Å². The molecule has 0 atom stereocenters. The summed E-state index contributed by atoms with van der Waals surface area (Å²) in [5.74, 6) is -0.610. The van der Waals surface area contributed by atoms with E-state index in [1.807, 2.05) is 56.6 Å². The van der Waals surface area contributed by atoms with Gasteiger partial charge in [0.2, 0.25) is 0 Å². The van der Waals surface area contributed by atoms with Crippen molar-refractivity contribution in [1.29, 1.82) is 5.26 Å². The predicted molar refractivity (Wildman–Crippen MR) is 110 cm³/mol. The minimum atomic E-state index is -0.610. The number of hydrogen-bond donors (Lipinski definition) is 1. The van der Waals surface area contributed by atoms with Crippen LogP contribution in [0.5, 0.6) is 0 Å². The number of carbonyl (C=O) groups is 1. The number of hydrogen-bond acceptors (Lipinski definition) is 6. The van der Waals surface area contributed by atoms with Crippen molar-refractivity contribution in [2.45, 2.75) is 6.92 Å². The summed E-state index contributed by atoms with van der Waals surface area (Å²) < 4.78 is 9.94. The van der Waals surface area contributed by atoms with Crippen molar-refractivity contribution in [3.05, 3.63) is 65.9 Å². The van der Waals surface area contributed by atoms with Crippen LogP contribution in [0.25, 0.3) is 22.6 Å². The Morgan fingerprint density at radius 2 is 1.90 bits per heavy atom. The van der Waals surface area contributed by atoms with Crippen molar-refractivity contribution in [3.63, 3.8) is 0 Å². The van der Waals surface area contributed by atoms with Gasteiger partial charge in [-0.2, -0.15) is 15.5 Å². The van der Waals surface area contributed by atoms with Gasteiger partial charge in [0.15, 0.2) is 5.69 Å². The summed E-state index contributed by atoms with van der Waals surface area (Å²) in [7, 11) is 3.16. The Hall–Kier alpha value is -4.32. The van der Waals surface area contributed by atoms with Crippen molar-refractivity contribution in [1.82, 2.24) is 24.1 Å². The second-order valence-electron chi connectivity index (χ2n) is 6.71. The van der Waals surface area contributed by atoms with Gasteiger partial charge in [-0.25, -0.2) is 9.48 Å². The number of benzene rings is 1. The van der Waals surface area contributed by atoms with Gasteiger partial charge in [-0.05, 0) is 37.3 Å². The Bertz CT molecular complexity index is 1290. The second kappa shape index (κ2) is 7.25. The summed E-state index contributed by atoms with van der Waals surface area (Å²) in [5.41, 5.74) is 10.7. The van der Waals surface area contributed by atoms with E-state index >= 15 is 0 Å². The van der Waals surface area contributed by atoms with Crippen molar-refractivity contribution in [2.24, 2.45) is 7.05 Å². The number of aryl methyl sites for hydroxylation is 1. The molecule has 0 saturated carbocycles. The maximum absolute atomic E-state index is 12.2. The molecular weight excluding hydrogens is 382 g/mol. The number of esters is 1. The Labute approximate surface area is 172 Å². The molecule has 0 saturated heterocycles. The van der Waals surface area contributed by atoms with E-state index in [4.69, 9.17) is 10.5 Å². The van der Waals surface area contributed by atoms with Crippen molar-refractivity contribution in [2.75, 3.05) is 12.8 Å². The molecular formula is C21H19N7O2. The zero-order valence-corrected chi connectivity index (χ0v) is 16.7. The molecule has 0 spiro atoms. The van der Waals surface area contributed by atoms with Gasteiger partial charge in [0.25, 0.3) is 0 Å². The fourth-order valence-corrected chi connectivity index (χ4v) is 3.25. The molecule has 0 fully saturated rings. The van der Waals surface area contributed by atoms with Crippen molar-refractivity contribution in [3.8, 4) is 28.7 Å². The molecule has 150 valence electrons. The monoisotopic (exact) mass is 401 g/mol. The molecule has 30 heavy (non-hydrogen) atoms. The van der Waals surface area contributed by atoms with Crippen LogP contribution in [0.1, 0.15) is 21.7 Å². The molecule has 0 amide bonds. The van der Waals surface area contributed by atoms with Crippen LogP contribution >= 0.6 is 0 Å². The summed E-state index contributed by atoms with van der Waals surface area (Å²) in [6, 6.07) is 11.3. The lowest BCUT2D eigenvalue weighted by molar-refractivity contribution is 0.0593. The van der Waals surface area contributed by atoms with E-state index in [0.29, 0.717) is 5.69 Å². The number of carbonyl (C=O) groups excluding carboxylic acids is 1. The second-order valence-corrected chi connectivity index (χ2v) is 6.71. The maximum atomic E-state index is 12.2. The number of methoxy groups -OCH3 is 1. The molecule has 0 radical (unpaired) electrons. The smallest absolute Gasteiger partial charge is 0.357 e. The number of aromatic nitrogens is 5. The van der Waals surface area contributed by atoms with E-state index in [9.17, 15) is 10.1 Å². The third-order valence-electron chi connectivity index (χ3n) is 5.04. The summed E-state index contributed by atoms with van der Waals surface area (Å²) in [6.07, 6.45) is 5.19. The average molecular weight is 401 g/mol. The maximum Gasteiger partial charge on any atom is 0.357 e. The predicted octanol–water partition coefficient (Wildman–Crippen LogP) is 2.61. The highest BCUT2D eigenvalue weighted by Gasteiger charge is 2.21. The normalized spacial score (nSPS) is 10.7. The van der Waals surface area contributed by atoms with E-state index in [0.717, 1.165) is 22.6 Å². The van der Waals surface area contributed by atoms with Crippen LogP contribution in [0.3, 0.4) is 0 Å². The molecule has 0 bridgehead atoms. The van der Waals surface area contributed by atoms with E-state index in [1.54, 1.807) is 20.1 Å². The van der Waals surface area contributed by atoms with E-state index in [-0.39, 0.29) is 16.9 Å². The summed E-state index contributed by atoms with van der Waals surface area (Å²) in [6.45, 7) is 1.99. The van der Waals surface area contributed by atoms with Crippen LogP contribution in [0, 0.1) is 18.3 Å². The van der Waals surface area contributed by atoms with Gasteiger partial charge in [-0.15, -0.1) is 0 Å². The number of rotatable bonds is 4. The lowest BCUT2D eigenvalue weighted by Gasteiger charge is -2.09. The highest BCUT2D eigenvalue weighted by Crippen LogP contribution is 2.26. The molecule has 3 heterocycles. The number of nitriles is 1. The first-order valence-electron chi connectivity index (χ1n) is 9.09. The molecule has 4 rings (SSSR count). The summed E-state index contributed by atoms with van der Waals surface area (Å²) >= 11 is 0. The van der Waals surface area contributed by atoms with Crippen LogP contribution < -0.4 is 5.73 Å². The third kappa shape index (κ3) is 3.00. The van der Waals surface area contributed by atoms with Crippen LogP contribution in [0.2, 0.25) is 0 Å². The highest BCUT2D eigenvalue weighted by atomic mass is 16.5. The molecule has 0 unspecified atom stereocenters. The number of anilines is 1. The fraction of sp³-hybridized carbons (Fsp3) is 0.143. The van der Waals surface area contributed by atoms with Crippen molar-refractivity contribution >= 4 is 11.7 Å². The van der Waals surface area contributed by atoms with Gasteiger partial charge >= 0.3 is 5.97 Å². The van der Waals surface area contributed by atoms with Gasteiger partial charge in [0.05, 0.1) is 35.9 Å². The van der Waals surface area contributed by atoms with Crippen LogP contribution in [0.4, 0.5) is 5.69 Å². The third-order valence-corrected chi connectivity index (χ3v) is 5.04. The first-order valence-corrected chi connectivity index (χ1v) is 9.09. The largest absolute Gasteiger partial charge is 0.464 e. The number of nitrogens with two attached hydrogens (primary N) is 1. The Morgan fingerprint density at radius 3 is 2.50 bits per heavy atom. The Morgan fingerprint density at radius 1 is 1.20 bits per heavy atom. The van der Waals surface area contributed by atoms with Crippen LogP contribution in [-0.4, -0.2) is 37.2 Å². The van der Waals surface area contributed by atoms with Gasteiger partial charge in [-0.1, -0.05) is 0 Å². The minimum Gasteiger partial charge on any atom is -0.464 e.